The van der Waals surface area contributed by atoms with Gasteiger partial charge >= 0.3 is 0 Å². The number of benzene rings is 4. The lowest BCUT2D eigenvalue weighted by atomic mass is 10.1. The molecule has 0 radical (unpaired) electrons. The van der Waals surface area contributed by atoms with E-state index in [1.807, 2.05) is 24.3 Å². The standard InChI is InChI=1S/C24H16I2O/c25-21-5-1-3-19(15-21)17-7-11-23(12-8-17)27-24-13-9-18(10-14-24)20-4-2-6-22(26)16-20/h1-16H. The van der Waals surface area contributed by atoms with Gasteiger partial charge in [0.05, 0.1) is 0 Å². The molecule has 132 valence electrons. The van der Waals surface area contributed by atoms with Crippen LogP contribution in [0.2, 0.25) is 0 Å². The van der Waals surface area contributed by atoms with Crippen molar-refractivity contribution in [2.24, 2.45) is 0 Å². The second kappa shape index (κ2) is 8.44. The molecule has 0 atom stereocenters. The van der Waals surface area contributed by atoms with Crippen molar-refractivity contribution in [3.8, 4) is 33.8 Å². The minimum absolute atomic E-state index is 0.839. The fraction of sp³-hybridized carbons (Fsp3) is 0. The number of hydrogen-bond acceptors (Lipinski definition) is 1. The molecule has 0 bridgehead atoms. The van der Waals surface area contributed by atoms with E-state index in [1.165, 1.54) is 29.4 Å². The normalized spacial score (nSPS) is 10.6. The average molecular weight is 574 g/mol. The SMILES string of the molecule is Ic1cccc(-c2ccc(Oc3ccc(-c4cccc(I)c4)cc3)cc2)c1. The van der Waals surface area contributed by atoms with Gasteiger partial charge in [-0.1, -0.05) is 48.5 Å². The predicted octanol–water partition coefficient (Wildman–Crippen LogP) is 8.02. The van der Waals surface area contributed by atoms with E-state index in [-0.39, 0.29) is 0 Å². The lowest BCUT2D eigenvalue weighted by molar-refractivity contribution is 0.483. The van der Waals surface area contributed by atoms with Gasteiger partial charge in [0.25, 0.3) is 0 Å². The molecule has 0 spiro atoms. The summed E-state index contributed by atoms with van der Waals surface area (Å²) in [7, 11) is 0. The van der Waals surface area contributed by atoms with Gasteiger partial charge in [-0.25, -0.2) is 0 Å². The van der Waals surface area contributed by atoms with Gasteiger partial charge in [0.15, 0.2) is 0 Å². The highest BCUT2D eigenvalue weighted by Gasteiger charge is 2.03. The van der Waals surface area contributed by atoms with Crippen LogP contribution in [-0.2, 0) is 0 Å². The molecule has 0 saturated heterocycles. The summed E-state index contributed by atoms with van der Waals surface area (Å²) in [6.45, 7) is 0. The van der Waals surface area contributed by atoms with Gasteiger partial charge in [-0.3, -0.25) is 0 Å². The zero-order valence-corrected chi connectivity index (χ0v) is 18.7. The number of hydrogen-bond donors (Lipinski definition) is 0. The number of ether oxygens (including phenoxy) is 1. The van der Waals surface area contributed by atoms with E-state index in [9.17, 15) is 0 Å². The van der Waals surface area contributed by atoms with Crippen LogP contribution in [0.5, 0.6) is 11.5 Å². The minimum Gasteiger partial charge on any atom is -0.457 e. The molecule has 4 aromatic carbocycles. The van der Waals surface area contributed by atoms with E-state index in [0.29, 0.717) is 0 Å². The molecule has 4 rings (SSSR count). The van der Waals surface area contributed by atoms with Crippen molar-refractivity contribution in [3.63, 3.8) is 0 Å². The maximum Gasteiger partial charge on any atom is 0.127 e. The molecule has 27 heavy (non-hydrogen) atoms. The van der Waals surface area contributed by atoms with Crippen molar-refractivity contribution >= 4 is 45.2 Å². The van der Waals surface area contributed by atoms with Gasteiger partial charge in [-0.05, 0) is 116 Å². The summed E-state index contributed by atoms with van der Waals surface area (Å²) in [5, 5.41) is 0. The van der Waals surface area contributed by atoms with Crippen molar-refractivity contribution in [1.29, 1.82) is 0 Å². The Morgan fingerprint density at radius 2 is 0.852 bits per heavy atom. The zero-order valence-electron chi connectivity index (χ0n) is 14.4. The monoisotopic (exact) mass is 574 g/mol. The predicted molar refractivity (Wildman–Crippen MR) is 129 cm³/mol. The van der Waals surface area contributed by atoms with Crippen LogP contribution in [0.25, 0.3) is 22.3 Å². The number of halogens is 2. The van der Waals surface area contributed by atoms with Crippen molar-refractivity contribution in [2.45, 2.75) is 0 Å². The van der Waals surface area contributed by atoms with Gasteiger partial charge in [-0.15, -0.1) is 0 Å². The molecule has 0 aliphatic carbocycles. The van der Waals surface area contributed by atoms with Crippen LogP contribution in [0.15, 0.2) is 97.1 Å². The minimum atomic E-state index is 0.839. The Bertz CT molecular complexity index is 967. The maximum atomic E-state index is 6.00. The van der Waals surface area contributed by atoms with Gasteiger partial charge in [-0.2, -0.15) is 0 Å². The molecule has 4 aromatic rings. The first-order valence-electron chi connectivity index (χ1n) is 8.57. The third-order valence-corrected chi connectivity index (χ3v) is 5.60. The van der Waals surface area contributed by atoms with Gasteiger partial charge < -0.3 is 4.74 Å². The first-order valence-corrected chi connectivity index (χ1v) is 10.7. The van der Waals surface area contributed by atoms with Crippen molar-refractivity contribution in [3.05, 3.63) is 104 Å². The summed E-state index contributed by atoms with van der Waals surface area (Å²) in [4.78, 5) is 0. The Morgan fingerprint density at radius 1 is 0.444 bits per heavy atom. The molecular formula is C24H16I2O. The summed E-state index contributed by atoms with van der Waals surface area (Å²) in [6, 6.07) is 33.4. The summed E-state index contributed by atoms with van der Waals surface area (Å²) in [5.41, 5.74) is 4.82. The van der Waals surface area contributed by atoms with E-state index in [0.717, 1.165) is 11.5 Å². The van der Waals surface area contributed by atoms with Crippen molar-refractivity contribution in [1.82, 2.24) is 0 Å². The highest BCUT2D eigenvalue weighted by Crippen LogP contribution is 2.29. The van der Waals surface area contributed by atoms with Crippen LogP contribution >= 0.6 is 45.2 Å². The highest BCUT2D eigenvalue weighted by molar-refractivity contribution is 14.1. The molecule has 0 unspecified atom stereocenters. The molecule has 0 heterocycles. The Labute approximate surface area is 186 Å². The second-order valence-corrected chi connectivity index (χ2v) is 8.66. The molecule has 0 N–H and O–H groups in total. The lowest BCUT2D eigenvalue weighted by Crippen LogP contribution is -1.86. The van der Waals surface area contributed by atoms with E-state index < -0.39 is 0 Å². The van der Waals surface area contributed by atoms with E-state index in [4.69, 9.17) is 4.74 Å². The fourth-order valence-electron chi connectivity index (χ4n) is 2.90. The van der Waals surface area contributed by atoms with Crippen LogP contribution in [0.1, 0.15) is 0 Å². The van der Waals surface area contributed by atoms with Gasteiger partial charge in [0.2, 0.25) is 0 Å². The van der Waals surface area contributed by atoms with Crippen LogP contribution < -0.4 is 4.74 Å². The summed E-state index contributed by atoms with van der Waals surface area (Å²) in [6.07, 6.45) is 0. The molecule has 0 aromatic heterocycles. The molecule has 0 aliphatic rings. The first kappa shape index (κ1) is 18.5. The molecule has 0 amide bonds. The molecule has 0 fully saturated rings. The third-order valence-electron chi connectivity index (χ3n) is 4.26. The second-order valence-electron chi connectivity index (χ2n) is 6.17. The van der Waals surface area contributed by atoms with Crippen LogP contribution in [0.4, 0.5) is 0 Å². The zero-order chi connectivity index (χ0) is 18.6. The summed E-state index contributed by atoms with van der Waals surface area (Å²) < 4.78 is 8.47. The Hall–Kier alpha value is -1.86. The van der Waals surface area contributed by atoms with Gasteiger partial charge in [0, 0.05) is 7.14 Å². The van der Waals surface area contributed by atoms with Crippen LogP contribution in [-0.4, -0.2) is 0 Å². The average Bonchev–Trinajstić information content (AvgIpc) is 2.69. The smallest absolute Gasteiger partial charge is 0.127 e. The molecular weight excluding hydrogens is 558 g/mol. The van der Waals surface area contributed by atoms with E-state index in [1.54, 1.807) is 0 Å². The molecule has 3 heteroatoms. The molecule has 0 saturated carbocycles. The Morgan fingerprint density at radius 3 is 1.22 bits per heavy atom. The number of rotatable bonds is 4. The topological polar surface area (TPSA) is 9.23 Å². The van der Waals surface area contributed by atoms with Crippen LogP contribution in [0.3, 0.4) is 0 Å². The molecule has 0 aliphatic heterocycles. The maximum absolute atomic E-state index is 6.00. The Kier molecular flexibility index (Phi) is 5.78. The third kappa shape index (κ3) is 4.71. The lowest BCUT2D eigenvalue weighted by Gasteiger charge is -2.09. The van der Waals surface area contributed by atoms with E-state index >= 15 is 0 Å². The van der Waals surface area contributed by atoms with E-state index in [2.05, 4.69) is 118 Å². The Balaban J connectivity index is 1.49. The highest BCUT2D eigenvalue weighted by atomic mass is 127. The van der Waals surface area contributed by atoms with Crippen molar-refractivity contribution in [2.75, 3.05) is 0 Å². The fourth-order valence-corrected chi connectivity index (χ4v) is 3.99. The summed E-state index contributed by atoms with van der Waals surface area (Å²) >= 11 is 4.67. The summed E-state index contributed by atoms with van der Waals surface area (Å²) in [5.74, 6) is 1.68. The van der Waals surface area contributed by atoms with Crippen molar-refractivity contribution < 1.29 is 4.74 Å². The largest absolute Gasteiger partial charge is 0.457 e. The first-order chi connectivity index (χ1) is 13.2. The quantitative estimate of drug-likeness (QED) is 0.225. The van der Waals surface area contributed by atoms with Crippen LogP contribution in [0, 0.1) is 7.14 Å². The molecule has 1 nitrogen and oxygen atoms in total. The van der Waals surface area contributed by atoms with Gasteiger partial charge in [0.1, 0.15) is 11.5 Å².